The van der Waals surface area contributed by atoms with Gasteiger partial charge in [0.1, 0.15) is 11.3 Å². The minimum Gasteiger partial charge on any atom is -0.507 e. The zero-order valence-electron chi connectivity index (χ0n) is 16.0. The lowest BCUT2D eigenvalue weighted by atomic mass is 9.99. The van der Waals surface area contributed by atoms with E-state index < -0.39 is 5.97 Å². The minimum absolute atomic E-state index is 0.0372. The molecule has 1 atom stereocenters. The normalized spacial score (nSPS) is 12.5. The standard InChI is InChI=1S/C22H34O4/c1-2-3-9-15-19(23)16-11-8-6-4-5-7-10-13-18-14-12-17-20(24)21(18)22(25)26/h11-12,14,16-17,19,23-24H,2-10,13,15H2,1H3,(H,25,26)/b16-11+/t19-/m0/s1. The van der Waals surface area contributed by atoms with Crippen molar-refractivity contribution < 1.29 is 20.1 Å². The van der Waals surface area contributed by atoms with Gasteiger partial charge in [-0.1, -0.05) is 69.7 Å². The number of hydrogen-bond acceptors (Lipinski definition) is 3. The molecule has 0 aromatic heterocycles. The number of unbranched alkanes of at least 4 members (excludes halogenated alkanes) is 7. The highest BCUT2D eigenvalue weighted by Gasteiger charge is 2.14. The van der Waals surface area contributed by atoms with E-state index in [1.807, 2.05) is 6.08 Å². The minimum atomic E-state index is -1.07. The Morgan fingerprint density at radius 2 is 1.81 bits per heavy atom. The lowest BCUT2D eigenvalue weighted by molar-refractivity contribution is 0.0692. The molecule has 0 amide bonds. The smallest absolute Gasteiger partial charge is 0.339 e. The molecule has 0 aliphatic heterocycles. The Kier molecular flexibility index (Phi) is 11.5. The summed E-state index contributed by atoms with van der Waals surface area (Å²) in [6.07, 6.45) is 15.1. The molecule has 0 bridgehead atoms. The predicted molar refractivity (Wildman–Crippen MR) is 106 cm³/mol. The summed E-state index contributed by atoms with van der Waals surface area (Å²) in [6.45, 7) is 2.16. The molecule has 0 radical (unpaired) electrons. The van der Waals surface area contributed by atoms with Crippen LogP contribution in [0.2, 0.25) is 0 Å². The van der Waals surface area contributed by atoms with E-state index in [0.29, 0.717) is 12.0 Å². The van der Waals surface area contributed by atoms with Crippen molar-refractivity contribution in [1.29, 1.82) is 0 Å². The van der Waals surface area contributed by atoms with Gasteiger partial charge >= 0.3 is 5.97 Å². The van der Waals surface area contributed by atoms with Gasteiger partial charge in [-0.25, -0.2) is 4.79 Å². The number of carbonyl (C=O) groups is 1. The Labute approximate surface area is 157 Å². The molecule has 0 saturated heterocycles. The first kappa shape index (κ1) is 22.2. The maximum atomic E-state index is 11.2. The maximum absolute atomic E-state index is 11.2. The summed E-state index contributed by atoms with van der Waals surface area (Å²) in [4.78, 5) is 11.2. The van der Waals surface area contributed by atoms with Gasteiger partial charge in [-0.3, -0.25) is 0 Å². The Balaban J connectivity index is 2.12. The molecule has 0 aliphatic carbocycles. The molecule has 26 heavy (non-hydrogen) atoms. The van der Waals surface area contributed by atoms with Gasteiger partial charge in [0.2, 0.25) is 0 Å². The third kappa shape index (κ3) is 9.04. The van der Waals surface area contributed by atoms with Crippen LogP contribution in [0.4, 0.5) is 0 Å². The van der Waals surface area contributed by atoms with Crippen LogP contribution in [0, 0.1) is 0 Å². The summed E-state index contributed by atoms with van der Waals surface area (Å²) in [5.41, 5.74) is 0.743. The number of aromatic hydroxyl groups is 1. The van der Waals surface area contributed by atoms with E-state index in [9.17, 15) is 20.1 Å². The maximum Gasteiger partial charge on any atom is 0.339 e. The second-order valence-electron chi connectivity index (χ2n) is 6.91. The molecule has 0 spiro atoms. The molecule has 4 nitrogen and oxygen atoms in total. The van der Waals surface area contributed by atoms with E-state index in [2.05, 4.69) is 13.0 Å². The van der Waals surface area contributed by atoms with Gasteiger partial charge in [0.25, 0.3) is 0 Å². The summed E-state index contributed by atoms with van der Waals surface area (Å²) < 4.78 is 0. The highest BCUT2D eigenvalue weighted by molar-refractivity contribution is 5.92. The van der Waals surface area contributed by atoms with E-state index in [1.165, 1.54) is 18.9 Å². The van der Waals surface area contributed by atoms with E-state index in [0.717, 1.165) is 51.4 Å². The zero-order valence-corrected chi connectivity index (χ0v) is 16.0. The lowest BCUT2D eigenvalue weighted by Gasteiger charge is -2.07. The first-order chi connectivity index (χ1) is 12.6. The number of aryl methyl sites for hydroxylation is 1. The van der Waals surface area contributed by atoms with Gasteiger partial charge < -0.3 is 15.3 Å². The van der Waals surface area contributed by atoms with Crippen molar-refractivity contribution in [2.45, 2.75) is 83.7 Å². The predicted octanol–water partition coefficient (Wildman–Crippen LogP) is 5.47. The van der Waals surface area contributed by atoms with Gasteiger partial charge in [0.05, 0.1) is 6.10 Å². The van der Waals surface area contributed by atoms with Crippen molar-refractivity contribution in [3.8, 4) is 5.75 Å². The molecule has 1 rings (SSSR count). The molecular formula is C22H34O4. The van der Waals surface area contributed by atoms with Crippen LogP contribution < -0.4 is 0 Å². The highest BCUT2D eigenvalue weighted by atomic mass is 16.4. The first-order valence-electron chi connectivity index (χ1n) is 9.95. The number of aliphatic hydroxyl groups excluding tert-OH is 1. The number of carboxylic acid groups (broad SMARTS) is 1. The number of rotatable bonds is 14. The van der Waals surface area contributed by atoms with Crippen molar-refractivity contribution in [3.05, 3.63) is 41.5 Å². The fourth-order valence-corrected chi connectivity index (χ4v) is 3.10. The van der Waals surface area contributed by atoms with E-state index in [4.69, 9.17) is 0 Å². The topological polar surface area (TPSA) is 77.8 Å². The van der Waals surface area contributed by atoms with Crippen molar-refractivity contribution in [3.63, 3.8) is 0 Å². The van der Waals surface area contributed by atoms with Gasteiger partial charge in [-0.2, -0.15) is 0 Å². The summed E-state index contributed by atoms with van der Waals surface area (Å²) >= 11 is 0. The third-order valence-corrected chi connectivity index (χ3v) is 4.62. The molecule has 146 valence electrons. The van der Waals surface area contributed by atoms with Crippen molar-refractivity contribution >= 4 is 5.97 Å². The second kappa shape index (κ2) is 13.4. The number of hydrogen-bond donors (Lipinski definition) is 3. The van der Waals surface area contributed by atoms with Crippen molar-refractivity contribution in [2.75, 3.05) is 0 Å². The van der Waals surface area contributed by atoms with Crippen LogP contribution in [0.5, 0.6) is 5.75 Å². The molecule has 1 aromatic rings. The zero-order chi connectivity index (χ0) is 19.2. The number of carboxylic acids is 1. The molecule has 3 N–H and O–H groups in total. The molecule has 0 aliphatic rings. The lowest BCUT2D eigenvalue weighted by Crippen LogP contribution is -2.03. The van der Waals surface area contributed by atoms with Crippen molar-refractivity contribution in [2.24, 2.45) is 0 Å². The highest BCUT2D eigenvalue weighted by Crippen LogP contribution is 2.23. The fraction of sp³-hybridized carbons (Fsp3) is 0.591. The molecule has 0 unspecified atom stereocenters. The van der Waals surface area contributed by atoms with E-state index >= 15 is 0 Å². The Morgan fingerprint density at radius 1 is 1.08 bits per heavy atom. The van der Waals surface area contributed by atoms with Crippen LogP contribution >= 0.6 is 0 Å². The fourth-order valence-electron chi connectivity index (χ4n) is 3.10. The number of phenols is 1. The Hall–Kier alpha value is -1.81. The molecule has 0 fully saturated rings. The average Bonchev–Trinajstić information content (AvgIpc) is 2.60. The van der Waals surface area contributed by atoms with Gasteiger partial charge in [0.15, 0.2) is 0 Å². The number of allylic oxidation sites excluding steroid dienone is 1. The Morgan fingerprint density at radius 3 is 2.54 bits per heavy atom. The van der Waals surface area contributed by atoms with Crippen LogP contribution in [0.3, 0.4) is 0 Å². The molecular weight excluding hydrogens is 328 g/mol. The number of benzene rings is 1. The van der Waals surface area contributed by atoms with Crippen LogP contribution in [-0.2, 0) is 6.42 Å². The summed E-state index contributed by atoms with van der Waals surface area (Å²) in [5, 5.41) is 28.7. The molecule has 0 heterocycles. The third-order valence-electron chi connectivity index (χ3n) is 4.62. The molecule has 0 saturated carbocycles. The van der Waals surface area contributed by atoms with Crippen LogP contribution in [0.25, 0.3) is 0 Å². The van der Waals surface area contributed by atoms with E-state index in [1.54, 1.807) is 12.1 Å². The molecule has 4 heteroatoms. The van der Waals surface area contributed by atoms with E-state index in [-0.39, 0.29) is 17.4 Å². The van der Waals surface area contributed by atoms with Gasteiger partial charge in [-0.05, 0) is 43.7 Å². The Bertz CT molecular complexity index is 551. The summed E-state index contributed by atoms with van der Waals surface area (Å²) in [5.74, 6) is -1.22. The second-order valence-corrected chi connectivity index (χ2v) is 6.91. The number of aromatic carboxylic acids is 1. The first-order valence-corrected chi connectivity index (χ1v) is 9.95. The largest absolute Gasteiger partial charge is 0.507 e. The monoisotopic (exact) mass is 362 g/mol. The average molecular weight is 363 g/mol. The molecule has 1 aromatic carbocycles. The van der Waals surface area contributed by atoms with Gasteiger partial charge in [0, 0.05) is 0 Å². The van der Waals surface area contributed by atoms with Gasteiger partial charge in [-0.15, -0.1) is 0 Å². The SMILES string of the molecule is CCCCC[C@H](O)/C=C/CCCCCCCc1cccc(O)c1C(=O)O. The summed E-state index contributed by atoms with van der Waals surface area (Å²) in [7, 11) is 0. The summed E-state index contributed by atoms with van der Waals surface area (Å²) in [6, 6.07) is 4.89. The number of aliphatic hydroxyl groups is 1. The van der Waals surface area contributed by atoms with Crippen LogP contribution in [-0.4, -0.2) is 27.4 Å². The van der Waals surface area contributed by atoms with Crippen LogP contribution in [0.1, 0.15) is 87.1 Å². The van der Waals surface area contributed by atoms with Crippen LogP contribution in [0.15, 0.2) is 30.4 Å². The van der Waals surface area contributed by atoms with Crippen molar-refractivity contribution in [1.82, 2.24) is 0 Å². The quantitative estimate of drug-likeness (QED) is 0.303.